The minimum absolute atomic E-state index is 0.0668. The van der Waals surface area contributed by atoms with E-state index < -0.39 is 6.55 Å². The topological polar surface area (TPSA) is 61.6 Å². The van der Waals surface area contributed by atoms with Crippen molar-refractivity contribution in [1.82, 2.24) is 19.6 Å². The van der Waals surface area contributed by atoms with Gasteiger partial charge in [0.15, 0.2) is 5.69 Å². The van der Waals surface area contributed by atoms with Crippen molar-refractivity contribution in [1.29, 1.82) is 0 Å². The molecule has 3 rings (SSSR count). The number of rotatable bonds is 3. The second-order valence-electron chi connectivity index (χ2n) is 6.27. The molecule has 2 aliphatic heterocycles. The fourth-order valence-electron chi connectivity index (χ4n) is 3.47. The first-order chi connectivity index (χ1) is 11.0. The lowest BCUT2D eigenvalue weighted by molar-refractivity contribution is 0.0237. The van der Waals surface area contributed by atoms with E-state index in [1.807, 2.05) is 0 Å². The Morgan fingerprint density at radius 3 is 2.61 bits per heavy atom. The van der Waals surface area contributed by atoms with Gasteiger partial charge in [0.05, 0.1) is 6.10 Å². The predicted octanol–water partition coefficient (Wildman–Crippen LogP) is 1.34. The van der Waals surface area contributed by atoms with Gasteiger partial charge in [-0.15, -0.1) is 0 Å². The number of nitrogens with zero attached hydrogens (tertiary/aromatic N) is 4. The number of aromatic nitrogens is 2. The molecule has 6 nitrogen and oxygen atoms in total. The first-order valence-corrected chi connectivity index (χ1v) is 8.09. The quantitative estimate of drug-likeness (QED) is 0.910. The van der Waals surface area contributed by atoms with Gasteiger partial charge in [0.25, 0.3) is 5.91 Å². The van der Waals surface area contributed by atoms with Crippen LogP contribution in [0.5, 0.6) is 0 Å². The van der Waals surface area contributed by atoms with Crippen molar-refractivity contribution >= 4 is 5.91 Å². The van der Waals surface area contributed by atoms with Gasteiger partial charge in [-0.3, -0.25) is 9.69 Å². The molecule has 8 heteroatoms. The molecule has 1 atom stereocenters. The normalized spacial score (nSPS) is 24.3. The Bertz CT molecular complexity index is 543. The number of halogens is 2. The highest BCUT2D eigenvalue weighted by Gasteiger charge is 2.30. The maximum absolute atomic E-state index is 12.5. The second kappa shape index (κ2) is 6.92. The molecule has 2 saturated heterocycles. The summed E-state index contributed by atoms with van der Waals surface area (Å²) in [5.41, 5.74) is 0.0668. The summed E-state index contributed by atoms with van der Waals surface area (Å²) in [6, 6.07) is 1.72. The number of amides is 1. The minimum atomic E-state index is -2.73. The van der Waals surface area contributed by atoms with Gasteiger partial charge in [-0.2, -0.15) is 13.9 Å². The number of hydrogen-bond donors (Lipinski definition) is 1. The lowest BCUT2D eigenvalue weighted by Crippen LogP contribution is -2.50. The van der Waals surface area contributed by atoms with Crippen molar-refractivity contribution in [3.8, 4) is 0 Å². The molecule has 2 fully saturated rings. The molecule has 0 aromatic carbocycles. The van der Waals surface area contributed by atoms with Crippen LogP contribution >= 0.6 is 0 Å². The zero-order valence-electron chi connectivity index (χ0n) is 12.9. The van der Waals surface area contributed by atoms with Crippen LogP contribution in [0.3, 0.4) is 0 Å². The Balaban J connectivity index is 1.54. The van der Waals surface area contributed by atoms with Crippen molar-refractivity contribution < 1.29 is 18.7 Å². The van der Waals surface area contributed by atoms with Crippen LogP contribution in [0.4, 0.5) is 8.78 Å². The average molecular weight is 328 g/mol. The third-order valence-electron chi connectivity index (χ3n) is 4.72. The van der Waals surface area contributed by atoms with Gasteiger partial charge in [0.2, 0.25) is 0 Å². The highest BCUT2D eigenvalue weighted by Crippen LogP contribution is 2.22. The summed E-state index contributed by atoms with van der Waals surface area (Å²) in [5, 5.41) is 13.4. The average Bonchev–Trinajstić information content (AvgIpc) is 3.04. The highest BCUT2D eigenvalue weighted by molar-refractivity contribution is 5.92. The SMILES string of the molecule is O=C(c1ccn(C(F)F)n1)N1CCC(N2CCCC(O)C2)CC1. The maximum atomic E-state index is 12.5. The molecule has 1 N–H and O–H groups in total. The molecule has 1 amide bonds. The van der Waals surface area contributed by atoms with Gasteiger partial charge < -0.3 is 10.0 Å². The largest absolute Gasteiger partial charge is 0.392 e. The number of alkyl halides is 2. The number of aliphatic hydroxyl groups is 1. The highest BCUT2D eigenvalue weighted by atomic mass is 19.3. The molecule has 0 bridgehead atoms. The zero-order chi connectivity index (χ0) is 16.4. The Morgan fingerprint density at radius 2 is 2.00 bits per heavy atom. The first-order valence-electron chi connectivity index (χ1n) is 8.09. The van der Waals surface area contributed by atoms with E-state index in [1.54, 1.807) is 4.90 Å². The molecule has 2 aliphatic rings. The van der Waals surface area contributed by atoms with Crippen molar-refractivity contribution in [3.05, 3.63) is 18.0 Å². The molecule has 23 heavy (non-hydrogen) atoms. The van der Waals surface area contributed by atoms with E-state index in [0.29, 0.717) is 30.4 Å². The minimum Gasteiger partial charge on any atom is -0.392 e. The van der Waals surface area contributed by atoms with E-state index in [-0.39, 0.29) is 17.7 Å². The summed E-state index contributed by atoms with van der Waals surface area (Å²) in [7, 11) is 0. The summed E-state index contributed by atoms with van der Waals surface area (Å²) in [6.45, 7) is 0.161. The van der Waals surface area contributed by atoms with Crippen LogP contribution in [-0.2, 0) is 0 Å². The zero-order valence-corrected chi connectivity index (χ0v) is 12.9. The first kappa shape index (κ1) is 16.3. The maximum Gasteiger partial charge on any atom is 0.333 e. The van der Waals surface area contributed by atoms with E-state index in [2.05, 4.69) is 10.00 Å². The fraction of sp³-hybridized carbons (Fsp3) is 0.733. The van der Waals surface area contributed by atoms with Crippen molar-refractivity contribution in [2.24, 2.45) is 0 Å². The van der Waals surface area contributed by atoms with Gasteiger partial charge in [-0.1, -0.05) is 0 Å². The van der Waals surface area contributed by atoms with Crippen LogP contribution in [-0.4, -0.2) is 68.9 Å². The number of β-amino-alcohol motifs (C(OH)–C–C–N with tert-alkyl or cyclic N) is 1. The Labute approximate surface area is 133 Å². The van der Waals surface area contributed by atoms with E-state index in [1.165, 1.54) is 6.07 Å². The van der Waals surface area contributed by atoms with E-state index in [9.17, 15) is 18.7 Å². The Hall–Kier alpha value is -1.54. The number of piperidine rings is 2. The Kier molecular flexibility index (Phi) is 4.91. The lowest BCUT2D eigenvalue weighted by Gasteiger charge is -2.41. The van der Waals surface area contributed by atoms with Gasteiger partial charge in [0.1, 0.15) is 0 Å². The lowest BCUT2D eigenvalue weighted by atomic mass is 9.99. The summed E-state index contributed by atoms with van der Waals surface area (Å²) in [6.07, 6.45) is 4.43. The van der Waals surface area contributed by atoms with Gasteiger partial charge >= 0.3 is 6.55 Å². The molecule has 1 unspecified atom stereocenters. The predicted molar refractivity (Wildman–Crippen MR) is 79.2 cm³/mol. The third kappa shape index (κ3) is 3.69. The molecule has 1 aromatic heterocycles. The Morgan fingerprint density at radius 1 is 1.26 bits per heavy atom. The smallest absolute Gasteiger partial charge is 0.333 e. The molecule has 0 saturated carbocycles. The van der Waals surface area contributed by atoms with Crippen LogP contribution in [0.15, 0.2) is 12.3 Å². The monoisotopic (exact) mass is 328 g/mol. The van der Waals surface area contributed by atoms with Gasteiger partial charge in [-0.25, -0.2) is 4.68 Å². The number of carbonyl (C=O) groups excluding carboxylic acids is 1. The van der Waals surface area contributed by atoms with Crippen LogP contribution in [0.1, 0.15) is 42.7 Å². The van der Waals surface area contributed by atoms with Crippen LogP contribution in [0.25, 0.3) is 0 Å². The number of likely N-dealkylation sites (tertiary alicyclic amines) is 2. The number of hydrogen-bond acceptors (Lipinski definition) is 4. The van der Waals surface area contributed by atoms with Gasteiger partial charge in [-0.05, 0) is 38.3 Å². The molecule has 0 spiro atoms. The van der Waals surface area contributed by atoms with E-state index >= 15 is 0 Å². The molecular formula is C15H22F2N4O2. The van der Waals surface area contributed by atoms with Gasteiger partial charge in [0, 0.05) is 31.9 Å². The number of aliphatic hydroxyl groups excluding tert-OH is 1. The van der Waals surface area contributed by atoms with E-state index in [0.717, 1.165) is 38.4 Å². The summed E-state index contributed by atoms with van der Waals surface area (Å²) >= 11 is 0. The van der Waals surface area contributed by atoms with E-state index in [4.69, 9.17) is 0 Å². The molecule has 0 aliphatic carbocycles. The second-order valence-corrected chi connectivity index (χ2v) is 6.27. The summed E-state index contributed by atoms with van der Waals surface area (Å²) in [4.78, 5) is 16.3. The molecule has 128 valence electrons. The number of carbonyl (C=O) groups is 1. The molecular weight excluding hydrogens is 306 g/mol. The molecule has 1 aromatic rings. The fourth-order valence-corrected chi connectivity index (χ4v) is 3.47. The molecule has 3 heterocycles. The van der Waals surface area contributed by atoms with Crippen molar-refractivity contribution in [2.75, 3.05) is 26.2 Å². The van der Waals surface area contributed by atoms with Crippen LogP contribution in [0.2, 0.25) is 0 Å². The standard InChI is InChI=1S/C15H22F2N4O2/c16-15(17)21-9-5-13(18-21)14(23)19-7-3-11(4-8-19)20-6-1-2-12(22)10-20/h5,9,11-12,15,22H,1-4,6-8,10H2. The third-order valence-corrected chi connectivity index (χ3v) is 4.72. The summed E-state index contributed by atoms with van der Waals surface area (Å²) < 4.78 is 25.5. The summed E-state index contributed by atoms with van der Waals surface area (Å²) in [5.74, 6) is -0.290. The van der Waals surface area contributed by atoms with Crippen LogP contribution in [0, 0.1) is 0 Å². The van der Waals surface area contributed by atoms with Crippen molar-refractivity contribution in [2.45, 2.75) is 44.4 Å². The van der Waals surface area contributed by atoms with Crippen molar-refractivity contribution in [3.63, 3.8) is 0 Å². The van der Waals surface area contributed by atoms with Crippen LogP contribution < -0.4 is 0 Å². The molecule has 0 radical (unpaired) electrons.